The van der Waals surface area contributed by atoms with Crippen LogP contribution in [0.2, 0.25) is 0 Å². The van der Waals surface area contributed by atoms with Crippen molar-refractivity contribution in [3.63, 3.8) is 0 Å². The van der Waals surface area contributed by atoms with Crippen LogP contribution in [-0.4, -0.2) is 6.61 Å². The molecule has 19 heavy (non-hydrogen) atoms. The van der Waals surface area contributed by atoms with Crippen molar-refractivity contribution < 1.29 is 9.57 Å². The van der Waals surface area contributed by atoms with E-state index in [-0.39, 0.29) is 0 Å². The second kappa shape index (κ2) is 7.13. The van der Waals surface area contributed by atoms with Gasteiger partial charge >= 0.3 is 0 Å². The number of para-hydroxylation sites is 1. The summed E-state index contributed by atoms with van der Waals surface area (Å²) in [7, 11) is 0. The molecule has 1 aromatic carbocycles. The number of rotatable bonds is 7. The zero-order chi connectivity index (χ0) is 13.5. The largest absolute Gasteiger partial charge is 0.271 e. The summed E-state index contributed by atoms with van der Waals surface area (Å²) in [6.45, 7) is 5.29. The van der Waals surface area contributed by atoms with Crippen LogP contribution < -0.4 is 9.57 Å². The van der Waals surface area contributed by atoms with Crippen molar-refractivity contribution in [2.24, 2.45) is 5.92 Å². The number of fused-ring (bicyclic) bond motifs is 1. The van der Waals surface area contributed by atoms with Crippen molar-refractivity contribution in [3.05, 3.63) is 42.6 Å². The molecule has 1 heterocycles. The van der Waals surface area contributed by atoms with E-state index in [1.165, 1.54) is 31.1 Å². The first kappa shape index (κ1) is 13.9. The fourth-order valence-electron chi connectivity index (χ4n) is 2.33. The summed E-state index contributed by atoms with van der Waals surface area (Å²) >= 11 is 0. The average molecular weight is 258 g/mol. The predicted molar refractivity (Wildman–Crippen MR) is 78.9 cm³/mol. The Bertz CT molecular complexity index is 504. The molecule has 2 nitrogen and oxygen atoms in total. The molecule has 1 aromatic heterocycles. The highest BCUT2D eigenvalue weighted by molar-refractivity contribution is 5.74. The first-order chi connectivity index (χ1) is 9.35. The van der Waals surface area contributed by atoms with Crippen molar-refractivity contribution in [1.82, 2.24) is 0 Å². The van der Waals surface area contributed by atoms with Gasteiger partial charge in [-0.15, -0.1) is 0 Å². The molecule has 0 N–H and O–H groups in total. The number of hydrogen-bond donors (Lipinski definition) is 0. The highest BCUT2D eigenvalue weighted by Crippen LogP contribution is 2.12. The van der Waals surface area contributed by atoms with Crippen molar-refractivity contribution in [3.8, 4) is 0 Å². The molecular weight excluding hydrogens is 234 g/mol. The molecule has 0 fully saturated rings. The smallest absolute Gasteiger partial charge is 0.264 e. The van der Waals surface area contributed by atoms with Crippen LogP contribution in [0.5, 0.6) is 0 Å². The van der Waals surface area contributed by atoms with Crippen LogP contribution in [-0.2, 0) is 0 Å². The number of aromatic nitrogens is 1. The maximum Gasteiger partial charge on any atom is 0.264 e. The van der Waals surface area contributed by atoms with Gasteiger partial charge in [0.05, 0.1) is 5.39 Å². The molecule has 0 saturated carbocycles. The van der Waals surface area contributed by atoms with Crippen molar-refractivity contribution >= 4 is 10.9 Å². The Labute approximate surface area is 116 Å². The minimum absolute atomic E-state index is 0.659. The SMILES string of the molecule is CCCCC(CC)CO[n+]1cccc2ccccc21. The fraction of sp³-hybridized carbons (Fsp3) is 0.471. The lowest BCUT2D eigenvalue weighted by Crippen LogP contribution is -2.44. The summed E-state index contributed by atoms with van der Waals surface area (Å²) in [6, 6.07) is 12.5. The molecule has 0 aliphatic rings. The monoisotopic (exact) mass is 258 g/mol. The quantitative estimate of drug-likeness (QED) is 0.689. The molecule has 2 heteroatoms. The highest BCUT2D eigenvalue weighted by atomic mass is 16.7. The molecule has 0 spiro atoms. The summed E-state index contributed by atoms with van der Waals surface area (Å²) in [5.41, 5.74) is 1.13. The lowest BCUT2D eigenvalue weighted by molar-refractivity contribution is -0.872. The van der Waals surface area contributed by atoms with Gasteiger partial charge in [-0.1, -0.05) is 38.8 Å². The van der Waals surface area contributed by atoms with Gasteiger partial charge in [0.1, 0.15) is 0 Å². The van der Waals surface area contributed by atoms with Gasteiger partial charge in [0.2, 0.25) is 6.20 Å². The topological polar surface area (TPSA) is 13.1 Å². The molecule has 0 aliphatic heterocycles. The van der Waals surface area contributed by atoms with E-state index in [1.807, 2.05) is 17.0 Å². The molecule has 102 valence electrons. The van der Waals surface area contributed by atoms with Gasteiger partial charge in [0, 0.05) is 16.9 Å². The van der Waals surface area contributed by atoms with Gasteiger partial charge in [-0.2, -0.15) is 0 Å². The maximum absolute atomic E-state index is 5.99. The Balaban J connectivity index is 2.04. The third kappa shape index (κ3) is 3.69. The van der Waals surface area contributed by atoms with Crippen LogP contribution in [0.4, 0.5) is 0 Å². The standard InChI is InChI=1S/C17H24NO/c1-3-5-9-15(4-2)14-19-18-13-8-11-16-10-6-7-12-17(16)18/h6-8,10-13,15H,3-5,9,14H2,1-2H3/q+1. The molecule has 0 saturated heterocycles. The number of benzene rings is 1. The molecule has 1 atom stereocenters. The second-order valence-electron chi connectivity index (χ2n) is 5.11. The van der Waals surface area contributed by atoms with Gasteiger partial charge in [0.15, 0.2) is 6.61 Å². The van der Waals surface area contributed by atoms with Crippen molar-refractivity contribution in [2.45, 2.75) is 39.5 Å². The van der Waals surface area contributed by atoms with Crippen LogP contribution >= 0.6 is 0 Å². The summed E-state index contributed by atoms with van der Waals surface area (Å²) in [5.74, 6) is 0.659. The summed E-state index contributed by atoms with van der Waals surface area (Å²) in [4.78, 5) is 5.99. The molecule has 0 radical (unpaired) electrons. The molecule has 0 amide bonds. The van der Waals surface area contributed by atoms with Crippen LogP contribution in [0.3, 0.4) is 0 Å². The van der Waals surface area contributed by atoms with Crippen LogP contribution in [0.1, 0.15) is 39.5 Å². The Hall–Kier alpha value is -1.57. The van der Waals surface area contributed by atoms with E-state index in [2.05, 4.69) is 44.2 Å². The lowest BCUT2D eigenvalue weighted by atomic mass is 10.0. The van der Waals surface area contributed by atoms with Gasteiger partial charge < -0.3 is 0 Å². The van der Waals surface area contributed by atoms with E-state index in [0.717, 1.165) is 12.1 Å². The molecule has 0 bridgehead atoms. The van der Waals surface area contributed by atoms with Gasteiger partial charge in [-0.3, -0.25) is 4.84 Å². The molecule has 1 unspecified atom stereocenters. The Kier molecular flexibility index (Phi) is 5.20. The molecule has 2 aromatic rings. The number of pyridine rings is 1. The van der Waals surface area contributed by atoms with Crippen LogP contribution in [0.15, 0.2) is 42.6 Å². The normalized spacial score (nSPS) is 12.5. The van der Waals surface area contributed by atoms with Crippen molar-refractivity contribution in [2.75, 3.05) is 6.61 Å². The van der Waals surface area contributed by atoms with Crippen molar-refractivity contribution in [1.29, 1.82) is 0 Å². The Morgan fingerprint density at radius 1 is 1.11 bits per heavy atom. The van der Waals surface area contributed by atoms with Gasteiger partial charge in [-0.05, 0) is 30.9 Å². The minimum atomic E-state index is 0.659. The molecule has 0 aliphatic carbocycles. The van der Waals surface area contributed by atoms with E-state index in [1.54, 1.807) is 0 Å². The zero-order valence-electron chi connectivity index (χ0n) is 12.0. The highest BCUT2D eigenvalue weighted by Gasteiger charge is 2.13. The molecular formula is C17H24NO+. The summed E-state index contributed by atoms with van der Waals surface area (Å²) < 4.78 is 1.91. The summed E-state index contributed by atoms with van der Waals surface area (Å²) in [6.07, 6.45) is 7.00. The maximum atomic E-state index is 5.99. The van der Waals surface area contributed by atoms with Crippen LogP contribution in [0, 0.1) is 5.92 Å². The zero-order valence-corrected chi connectivity index (χ0v) is 12.0. The predicted octanol–water partition coefficient (Wildman–Crippen LogP) is 3.77. The number of unbranched alkanes of at least 4 members (excludes halogenated alkanes) is 1. The first-order valence-electron chi connectivity index (χ1n) is 7.37. The van der Waals surface area contributed by atoms with E-state index in [9.17, 15) is 0 Å². The van der Waals surface area contributed by atoms with Gasteiger partial charge in [0.25, 0.3) is 5.52 Å². The fourth-order valence-corrected chi connectivity index (χ4v) is 2.33. The van der Waals surface area contributed by atoms with Crippen LogP contribution in [0.25, 0.3) is 10.9 Å². The van der Waals surface area contributed by atoms with E-state index >= 15 is 0 Å². The number of hydrogen-bond acceptors (Lipinski definition) is 1. The third-order valence-electron chi connectivity index (χ3n) is 3.66. The van der Waals surface area contributed by atoms with Gasteiger partial charge in [-0.25, -0.2) is 0 Å². The third-order valence-corrected chi connectivity index (χ3v) is 3.66. The molecule has 2 rings (SSSR count). The minimum Gasteiger partial charge on any atom is -0.271 e. The average Bonchev–Trinajstić information content (AvgIpc) is 2.47. The van der Waals surface area contributed by atoms with E-state index < -0.39 is 0 Å². The van der Waals surface area contributed by atoms with E-state index in [4.69, 9.17) is 4.84 Å². The van der Waals surface area contributed by atoms with E-state index in [0.29, 0.717) is 5.92 Å². The lowest BCUT2D eigenvalue weighted by Gasteiger charge is -2.11. The first-order valence-corrected chi connectivity index (χ1v) is 7.37. The Morgan fingerprint density at radius 2 is 1.89 bits per heavy atom. The second-order valence-corrected chi connectivity index (χ2v) is 5.11. The number of nitrogens with zero attached hydrogens (tertiary/aromatic N) is 1. The Morgan fingerprint density at radius 3 is 2.68 bits per heavy atom. The summed E-state index contributed by atoms with van der Waals surface area (Å²) in [5, 5.41) is 1.21.